The highest BCUT2D eigenvalue weighted by Crippen LogP contribution is 2.36. The third-order valence-electron chi connectivity index (χ3n) is 7.72. The van der Waals surface area contributed by atoms with Gasteiger partial charge in [0.1, 0.15) is 4.90 Å². The number of thiophene rings is 2. The zero-order valence-corrected chi connectivity index (χ0v) is 31.7. The summed E-state index contributed by atoms with van der Waals surface area (Å²) in [7, 11) is -7.48. The first-order chi connectivity index (χ1) is 24.5. The summed E-state index contributed by atoms with van der Waals surface area (Å²) in [6.07, 6.45) is 0. The molecule has 2 heterocycles. The fraction of sp³-hybridized carbons (Fsp3) is 0.0256. The van der Waals surface area contributed by atoms with Gasteiger partial charge in [-0.05, 0) is 59.0 Å². The molecular weight excluding hydrogens is 760 g/mol. The fourth-order valence-corrected chi connectivity index (χ4v) is 10.4. The van der Waals surface area contributed by atoms with Gasteiger partial charge < -0.3 is 0 Å². The molecule has 0 spiro atoms. The lowest BCUT2D eigenvalue weighted by atomic mass is 10.1. The van der Waals surface area contributed by atoms with Crippen molar-refractivity contribution in [3.05, 3.63) is 165 Å². The fourth-order valence-electron chi connectivity index (χ4n) is 5.32. The van der Waals surface area contributed by atoms with Gasteiger partial charge in [-0.15, -0.1) is 22.7 Å². The largest absolute Gasteiger partial charge is 0.278 e. The van der Waals surface area contributed by atoms with Crippen molar-refractivity contribution in [2.24, 2.45) is 0 Å². The SMILES string of the molecule is Cc1cc(Cl)cc(Cl)c1S(=O)(=O)Nc1cscc1-c1ccccc1.O=S(=O)(Nc1cscc1-c1ccccc1)c1ccc(-c2ccccc2)cc1. The Balaban J connectivity index is 0.000000177. The Morgan fingerprint density at radius 2 is 0.941 bits per heavy atom. The summed E-state index contributed by atoms with van der Waals surface area (Å²) in [5.41, 5.74) is 7.28. The molecule has 0 fully saturated rings. The van der Waals surface area contributed by atoms with Crippen molar-refractivity contribution in [1.82, 2.24) is 0 Å². The van der Waals surface area contributed by atoms with E-state index in [0.717, 1.165) is 33.4 Å². The van der Waals surface area contributed by atoms with Crippen molar-refractivity contribution < 1.29 is 16.8 Å². The van der Waals surface area contributed by atoms with Crippen LogP contribution in [0.4, 0.5) is 11.4 Å². The maximum Gasteiger partial charge on any atom is 0.263 e. The average Bonchev–Trinajstić information content (AvgIpc) is 3.78. The van der Waals surface area contributed by atoms with E-state index < -0.39 is 20.0 Å². The number of sulfonamides is 2. The van der Waals surface area contributed by atoms with Gasteiger partial charge in [0, 0.05) is 37.7 Å². The highest BCUT2D eigenvalue weighted by atomic mass is 35.5. The lowest BCUT2D eigenvalue weighted by Gasteiger charge is -2.13. The molecule has 0 aliphatic rings. The number of hydrogen-bond acceptors (Lipinski definition) is 6. The molecule has 7 aromatic rings. The molecule has 0 unspecified atom stereocenters. The van der Waals surface area contributed by atoms with Crippen LogP contribution in [0.15, 0.2) is 159 Å². The Morgan fingerprint density at radius 1 is 0.510 bits per heavy atom. The van der Waals surface area contributed by atoms with E-state index in [2.05, 4.69) is 9.44 Å². The maximum atomic E-state index is 12.8. The van der Waals surface area contributed by atoms with Crippen molar-refractivity contribution >= 4 is 77.3 Å². The molecule has 0 saturated heterocycles. The second-order valence-electron chi connectivity index (χ2n) is 11.3. The van der Waals surface area contributed by atoms with E-state index >= 15 is 0 Å². The van der Waals surface area contributed by atoms with Gasteiger partial charge in [-0.1, -0.05) is 126 Å². The number of halogens is 2. The number of anilines is 2. The van der Waals surface area contributed by atoms with Gasteiger partial charge in [-0.2, -0.15) is 0 Å². The number of rotatable bonds is 9. The highest BCUT2D eigenvalue weighted by molar-refractivity contribution is 7.93. The third kappa shape index (κ3) is 8.73. The van der Waals surface area contributed by atoms with Crippen LogP contribution in [0.25, 0.3) is 33.4 Å². The van der Waals surface area contributed by atoms with E-state index in [1.165, 1.54) is 28.7 Å². The Kier molecular flexibility index (Phi) is 11.3. The molecule has 2 N–H and O–H groups in total. The van der Waals surface area contributed by atoms with Gasteiger partial charge in [0.25, 0.3) is 20.0 Å². The predicted molar refractivity (Wildman–Crippen MR) is 214 cm³/mol. The normalized spacial score (nSPS) is 11.4. The van der Waals surface area contributed by atoms with Gasteiger partial charge in [0.2, 0.25) is 0 Å². The molecule has 0 bridgehead atoms. The van der Waals surface area contributed by atoms with Crippen LogP contribution in [-0.4, -0.2) is 16.8 Å². The zero-order valence-electron chi connectivity index (χ0n) is 27.0. The second kappa shape index (κ2) is 15.9. The van der Waals surface area contributed by atoms with E-state index in [-0.39, 0.29) is 14.8 Å². The van der Waals surface area contributed by atoms with E-state index in [0.29, 0.717) is 22.0 Å². The van der Waals surface area contributed by atoms with Crippen molar-refractivity contribution in [2.45, 2.75) is 16.7 Å². The Morgan fingerprint density at radius 3 is 1.41 bits per heavy atom. The molecule has 0 saturated carbocycles. The molecule has 12 heteroatoms. The van der Waals surface area contributed by atoms with Gasteiger partial charge in [0.05, 0.1) is 21.3 Å². The van der Waals surface area contributed by atoms with Crippen molar-refractivity contribution in [3.63, 3.8) is 0 Å². The van der Waals surface area contributed by atoms with Gasteiger partial charge in [-0.25, -0.2) is 16.8 Å². The summed E-state index contributed by atoms with van der Waals surface area (Å²) in [5.74, 6) is 0. The molecule has 6 nitrogen and oxygen atoms in total. The van der Waals surface area contributed by atoms with Gasteiger partial charge in [-0.3, -0.25) is 9.44 Å². The summed E-state index contributed by atoms with van der Waals surface area (Å²) in [6.45, 7) is 1.66. The summed E-state index contributed by atoms with van der Waals surface area (Å²) >= 11 is 14.9. The molecule has 2 aromatic heterocycles. The molecule has 0 atom stereocenters. The predicted octanol–water partition coefficient (Wildman–Crippen LogP) is 11.7. The summed E-state index contributed by atoms with van der Waals surface area (Å²) < 4.78 is 56.6. The topological polar surface area (TPSA) is 92.3 Å². The van der Waals surface area contributed by atoms with Crippen molar-refractivity contribution in [2.75, 3.05) is 9.44 Å². The first-order valence-electron chi connectivity index (χ1n) is 15.4. The van der Waals surface area contributed by atoms with Crippen LogP contribution < -0.4 is 9.44 Å². The number of aryl methyl sites for hydroxylation is 1. The minimum atomic E-state index is -3.83. The van der Waals surface area contributed by atoms with Crippen LogP contribution in [0.5, 0.6) is 0 Å². The lowest BCUT2D eigenvalue weighted by molar-refractivity contribution is 0.599. The minimum absolute atomic E-state index is 0.0405. The first-order valence-corrected chi connectivity index (χ1v) is 21.0. The quantitative estimate of drug-likeness (QED) is 0.152. The number of nitrogens with one attached hydrogen (secondary N) is 2. The highest BCUT2D eigenvalue weighted by Gasteiger charge is 2.23. The smallest absolute Gasteiger partial charge is 0.263 e. The van der Waals surface area contributed by atoms with Crippen LogP contribution in [-0.2, 0) is 20.0 Å². The van der Waals surface area contributed by atoms with Crippen molar-refractivity contribution in [1.29, 1.82) is 0 Å². The molecular formula is C39H30Cl2N2O4S4. The molecule has 0 aliphatic heterocycles. The zero-order chi connectivity index (χ0) is 36.0. The molecule has 51 heavy (non-hydrogen) atoms. The molecule has 0 radical (unpaired) electrons. The number of benzene rings is 5. The van der Waals surface area contributed by atoms with Crippen molar-refractivity contribution in [3.8, 4) is 33.4 Å². The summed E-state index contributed by atoms with van der Waals surface area (Å²) in [6, 6.07) is 39.2. The van der Waals surface area contributed by atoms with E-state index in [1.54, 1.807) is 30.5 Å². The summed E-state index contributed by atoms with van der Waals surface area (Å²) in [5, 5.41) is 7.94. The monoisotopic (exact) mass is 788 g/mol. The minimum Gasteiger partial charge on any atom is -0.278 e. The van der Waals surface area contributed by atoms with Crippen LogP contribution in [0, 0.1) is 6.92 Å². The Hall–Kier alpha value is -4.42. The summed E-state index contributed by atoms with van der Waals surface area (Å²) in [4.78, 5) is 0.283. The molecule has 0 amide bonds. The van der Waals surface area contributed by atoms with Crippen LogP contribution in [0.3, 0.4) is 0 Å². The molecule has 5 aromatic carbocycles. The van der Waals surface area contributed by atoms with E-state index in [4.69, 9.17) is 23.2 Å². The molecule has 7 rings (SSSR count). The number of hydrogen-bond donors (Lipinski definition) is 2. The molecule has 0 aliphatic carbocycles. The van der Waals surface area contributed by atoms with Gasteiger partial charge in [0.15, 0.2) is 0 Å². The maximum absolute atomic E-state index is 12.8. The standard InChI is InChI=1S/C22H17NO2S2.C17H13Cl2NO2S2/c24-27(25,20-13-11-18(12-14-20)17-7-3-1-4-8-17)23-22-16-26-15-21(22)19-9-5-2-6-10-19;1-11-7-13(18)8-15(19)17(11)24(21,22)20-16-10-23-9-14(16)12-5-3-2-4-6-12/h1-16,23H;2-10,20H,1H3. The van der Waals surface area contributed by atoms with Crippen LogP contribution >= 0.6 is 45.9 Å². The van der Waals surface area contributed by atoms with Crippen LogP contribution in [0.1, 0.15) is 5.56 Å². The van der Waals surface area contributed by atoms with E-state index in [1.807, 2.05) is 119 Å². The van der Waals surface area contributed by atoms with Crippen LogP contribution in [0.2, 0.25) is 10.0 Å². The Bertz CT molecular complexity index is 2450. The third-order valence-corrected chi connectivity index (χ3v) is 12.8. The van der Waals surface area contributed by atoms with E-state index in [9.17, 15) is 16.8 Å². The lowest BCUT2D eigenvalue weighted by Crippen LogP contribution is -2.15. The molecule has 258 valence electrons. The van der Waals surface area contributed by atoms with Gasteiger partial charge >= 0.3 is 0 Å². The Labute approximate surface area is 316 Å². The first kappa shape index (κ1) is 36.4. The average molecular weight is 790 g/mol. The second-order valence-corrected chi connectivity index (χ2v) is 16.9.